The van der Waals surface area contributed by atoms with Crippen molar-refractivity contribution in [2.24, 2.45) is 0 Å². The molecule has 4 nitrogen and oxygen atoms in total. The molecule has 19 heavy (non-hydrogen) atoms. The van der Waals surface area contributed by atoms with Gasteiger partial charge in [0.1, 0.15) is 17.5 Å². The zero-order chi connectivity index (χ0) is 13.8. The lowest BCUT2D eigenvalue weighted by molar-refractivity contribution is 0.632. The lowest BCUT2D eigenvalue weighted by Gasteiger charge is -2.10. The highest BCUT2D eigenvalue weighted by atomic mass is 35.5. The molecule has 0 atom stereocenters. The summed E-state index contributed by atoms with van der Waals surface area (Å²) in [6.45, 7) is 0. The van der Waals surface area contributed by atoms with Gasteiger partial charge in [-0.25, -0.2) is 14.4 Å². The molecule has 0 saturated heterocycles. The minimum atomic E-state index is -0.428. The molecule has 0 amide bonds. The number of rotatable bonds is 4. The van der Waals surface area contributed by atoms with Crippen LogP contribution in [0.4, 0.5) is 21.7 Å². The van der Waals surface area contributed by atoms with Crippen LogP contribution in [-0.2, 0) is 0 Å². The maximum atomic E-state index is 13.7. The van der Waals surface area contributed by atoms with Crippen LogP contribution < -0.4 is 10.6 Å². The van der Waals surface area contributed by atoms with Gasteiger partial charge in [0.25, 0.3) is 0 Å². The second-order valence-corrected chi connectivity index (χ2v) is 4.78. The first-order valence-electron chi connectivity index (χ1n) is 5.46. The number of benzene rings is 1. The van der Waals surface area contributed by atoms with E-state index < -0.39 is 5.82 Å². The van der Waals surface area contributed by atoms with E-state index in [0.29, 0.717) is 21.8 Å². The van der Waals surface area contributed by atoms with Crippen molar-refractivity contribution in [3.63, 3.8) is 0 Å². The van der Waals surface area contributed by atoms with Crippen LogP contribution in [0.3, 0.4) is 0 Å². The molecule has 0 aliphatic carbocycles. The van der Waals surface area contributed by atoms with Gasteiger partial charge in [0.15, 0.2) is 5.16 Å². The van der Waals surface area contributed by atoms with E-state index in [1.165, 1.54) is 17.8 Å². The number of hydrogen-bond acceptors (Lipinski definition) is 5. The fraction of sp³-hybridized carbons (Fsp3) is 0.167. The first-order valence-corrected chi connectivity index (χ1v) is 7.06. The number of hydrogen-bond donors (Lipinski definition) is 2. The quantitative estimate of drug-likeness (QED) is 0.664. The van der Waals surface area contributed by atoms with Crippen molar-refractivity contribution in [1.82, 2.24) is 9.97 Å². The van der Waals surface area contributed by atoms with Crippen molar-refractivity contribution in [3.8, 4) is 0 Å². The fourth-order valence-electron chi connectivity index (χ4n) is 1.45. The summed E-state index contributed by atoms with van der Waals surface area (Å²) in [5, 5.41) is 6.69. The molecule has 0 bridgehead atoms. The first-order chi connectivity index (χ1) is 9.13. The topological polar surface area (TPSA) is 49.8 Å². The van der Waals surface area contributed by atoms with Gasteiger partial charge in [-0.15, -0.1) is 0 Å². The van der Waals surface area contributed by atoms with Gasteiger partial charge in [-0.3, -0.25) is 0 Å². The summed E-state index contributed by atoms with van der Waals surface area (Å²) >= 11 is 7.36. The summed E-state index contributed by atoms with van der Waals surface area (Å²) in [5.74, 6) is 0.702. The van der Waals surface area contributed by atoms with Crippen molar-refractivity contribution in [2.75, 3.05) is 23.9 Å². The second kappa shape index (κ2) is 6.08. The highest BCUT2D eigenvalue weighted by Gasteiger charge is 2.09. The van der Waals surface area contributed by atoms with Crippen molar-refractivity contribution >= 4 is 40.7 Å². The number of thioether (sulfide) groups is 1. The van der Waals surface area contributed by atoms with Crippen LogP contribution in [0.5, 0.6) is 0 Å². The van der Waals surface area contributed by atoms with Crippen LogP contribution in [0.15, 0.2) is 29.4 Å². The van der Waals surface area contributed by atoms with Crippen LogP contribution in [0, 0.1) is 5.82 Å². The van der Waals surface area contributed by atoms with Crippen molar-refractivity contribution in [3.05, 3.63) is 35.1 Å². The predicted octanol–water partition coefficient (Wildman–Crippen LogP) is 3.78. The lowest BCUT2D eigenvalue weighted by atomic mass is 10.3. The minimum absolute atomic E-state index is 0.206. The predicted molar refractivity (Wildman–Crippen MR) is 78.1 cm³/mol. The molecule has 2 rings (SSSR count). The molecule has 1 aromatic heterocycles. The van der Waals surface area contributed by atoms with E-state index in [0.717, 1.165) is 0 Å². The van der Waals surface area contributed by atoms with Crippen molar-refractivity contribution < 1.29 is 4.39 Å². The normalized spacial score (nSPS) is 10.3. The molecular formula is C12H12ClFN4S. The molecule has 1 heterocycles. The van der Waals surface area contributed by atoms with E-state index in [1.807, 2.05) is 6.26 Å². The third kappa shape index (κ3) is 3.27. The number of nitrogens with one attached hydrogen (secondary N) is 2. The molecular weight excluding hydrogens is 287 g/mol. The molecule has 100 valence electrons. The molecule has 2 aromatic rings. The van der Waals surface area contributed by atoms with E-state index in [-0.39, 0.29) is 5.69 Å². The number of halogens is 2. The Balaban J connectivity index is 2.37. The van der Waals surface area contributed by atoms with Crippen LogP contribution in [0.1, 0.15) is 0 Å². The molecule has 0 spiro atoms. The monoisotopic (exact) mass is 298 g/mol. The third-order valence-electron chi connectivity index (χ3n) is 2.36. The maximum Gasteiger partial charge on any atom is 0.191 e. The number of nitrogens with zero attached hydrogens (tertiary/aromatic N) is 2. The summed E-state index contributed by atoms with van der Waals surface area (Å²) in [4.78, 5) is 8.48. The van der Waals surface area contributed by atoms with E-state index >= 15 is 0 Å². The highest BCUT2D eigenvalue weighted by Crippen LogP contribution is 2.28. The molecule has 0 radical (unpaired) electrons. The zero-order valence-corrected chi connectivity index (χ0v) is 11.9. The average Bonchev–Trinajstić information content (AvgIpc) is 2.42. The van der Waals surface area contributed by atoms with Crippen LogP contribution >= 0.6 is 23.4 Å². The van der Waals surface area contributed by atoms with Gasteiger partial charge < -0.3 is 10.6 Å². The third-order valence-corrected chi connectivity index (χ3v) is 3.22. The average molecular weight is 299 g/mol. The Morgan fingerprint density at radius 1 is 1.26 bits per heavy atom. The van der Waals surface area contributed by atoms with E-state index in [4.69, 9.17) is 11.6 Å². The Hall–Kier alpha value is -1.53. The van der Waals surface area contributed by atoms with Gasteiger partial charge in [-0.05, 0) is 18.4 Å². The Bertz CT molecular complexity index is 551. The molecule has 0 fully saturated rings. The molecule has 0 saturated carbocycles. The van der Waals surface area contributed by atoms with Gasteiger partial charge in [0, 0.05) is 13.1 Å². The van der Waals surface area contributed by atoms with E-state index in [2.05, 4.69) is 20.6 Å². The molecule has 7 heteroatoms. The smallest absolute Gasteiger partial charge is 0.191 e. The Morgan fingerprint density at radius 3 is 2.63 bits per heavy atom. The number of para-hydroxylation sites is 1. The van der Waals surface area contributed by atoms with Gasteiger partial charge in [-0.2, -0.15) is 0 Å². The van der Waals surface area contributed by atoms with Gasteiger partial charge in [-0.1, -0.05) is 29.4 Å². The molecule has 0 aliphatic rings. The maximum absolute atomic E-state index is 13.7. The Kier molecular flexibility index (Phi) is 4.44. The second-order valence-electron chi connectivity index (χ2n) is 3.60. The van der Waals surface area contributed by atoms with Gasteiger partial charge in [0.05, 0.1) is 10.7 Å². The zero-order valence-electron chi connectivity index (χ0n) is 10.4. The van der Waals surface area contributed by atoms with E-state index in [1.54, 1.807) is 25.2 Å². The highest BCUT2D eigenvalue weighted by molar-refractivity contribution is 7.98. The van der Waals surface area contributed by atoms with Crippen molar-refractivity contribution in [2.45, 2.75) is 5.16 Å². The molecule has 1 aromatic carbocycles. The Labute approximate surface area is 119 Å². The fourth-order valence-corrected chi connectivity index (χ4v) is 2.04. The van der Waals surface area contributed by atoms with Crippen molar-refractivity contribution in [1.29, 1.82) is 0 Å². The van der Waals surface area contributed by atoms with Gasteiger partial charge in [0.2, 0.25) is 0 Å². The first kappa shape index (κ1) is 13.9. The van der Waals surface area contributed by atoms with Crippen LogP contribution in [0.25, 0.3) is 0 Å². The minimum Gasteiger partial charge on any atom is -0.373 e. The summed E-state index contributed by atoms with van der Waals surface area (Å²) in [7, 11) is 1.76. The molecule has 2 N–H and O–H groups in total. The summed E-state index contributed by atoms with van der Waals surface area (Å²) in [6.07, 6.45) is 1.87. The van der Waals surface area contributed by atoms with Crippen LogP contribution in [-0.4, -0.2) is 23.3 Å². The largest absolute Gasteiger partial charge is 0.373 e. The molecule has 0 unspecified atom stereocenters. The number of anilines is 3. The summed E-state index contributed by atoms with van der Waals surface area (Å²) in [5.41, 5.74) is 0.206. The SMILES string of the molecule is CNc1cc(Nc2c(F)cccc2Cl)nc(SC)n1. The van der Waals surface area contributed by atoms with Crippen LogP contribution in [0.2, 0.25) is 5.02 Å². The Morgan fingerprint density at radius 2 is 2.00 bits per heavy atom. The lowest BCUT2D eigenvalue weighted by Crippen LogP contribution is -2.02. The summed E-state index contributed by atoms with van der Waals surface area (Å²) < 4.78 is 13.7. The van der Waals surface area contributed by atoms with E-state index in [9.17, 15) is 4.39 Å². The summed E-state index contributed by atoms with van der Waals surface area (Å²) in [6, 6.07) is 6.18. The molecule has 0 aliphatic heterocycles. The van der Waals surface area contributed by atoms with Gasteiger partial charge >= 0.3 is 0 Å². The number of aromatic nitrogens is 2. The standard InChI is InChI=1S/C12H12ClFN4S/c1-15-9-6-10(18-12(17-9)19-2)16-11-7(13)4-3-5-8(11)14/h3-6H,1-2H3,(H2,15,16,17,18).